The van der Waals surface area contributed by atoms with Gasteiger partial charge in [-0.15, -0.1) is 0 Å². The van der Waals surface area contributed by atoms with Crippen LogP contribution in [0.1, 0.15) is 12.7 Å². The van der Waals surface area contributed by atoms with Gasteiger partial charge in [-0.3, -0.25) is 0 Å². The van der Waals surface area contributed by atoms with Crippen molar-refractivity contribution in [3.8, 4) is 0 Å². The smallest absolute Gasteiger partial charge is 0.191 e. The Hall–Kier alpha value is -2.69. The lowest BCUT2D eigenvalue weighted by Gasteiger charge is -2.11. The van der Waals surface area contributed by atoms with Crippen LogP contribution in [0.15, 0.2) is 64.3 Å². The summed E-state index contributed by atoms with van der Waals surface area (Å²) in [6.07, 6.45) is 4.11. The molecule has 2 aromatic heterocycles. The molecule has 0 saturated carbocycles. The number of nitrogens with one attached hydrogen (secondary N) is 2. The number of aromatic nitrogens is 1. The van der Waals surface area contributed by atoms with Gasteiger partial charge in [-0.1, -0.05) is 18.2 Å². The number of aliphatic imine (C=N–C) groups is 1. The minimum Gasteiger partial charge on any atom is -0.459 e. The molecule has 0 saturated heterocycles. The number of fused-ring (bicyclic) bond motifs is 1. The largest absolute Gasteiger partial charge is 0.459 e. The van der Waals surface area contributed by atoms with Crippen LogP contribution in [0.2, 0.25) is 0 Å². The molecule has 0 aliphatic heterocycles. The van der Waals surface area contributed by atoms with Gasteiger partial charge in [0.1, 0.15) is 17.9 Å². The lowest BCUT2D eigenvalue weighted by molar-refractivity contribution is 0.551. The quantitative estimate of drug-likeness (QED) is 0.543. The van der Waals surface area contributed by atoms with E-state index in [9.17, 15) is 0 Å². The van der Waals surface area contributed by atoms with Crippen molar-refractivity contribution in [2.75, 3.05) is 13.1 Å². The summed E-state index contributed by atoms with van der Waals surface area (Å²) in [5.41, 5.74) is 0.906. The van der Waals surface area contributed by atoms with Crippen molar-refractivity contribution in [3.05, 3.63) is 60.6 Å². The van der Waals surface area contributed by atoms with Crippen LogP contribution < -0.4 is 10.6 Å². The Morgan fingerprint density at radius 2 is 1.96 bits per heavy atom. The van der Waals surface area contributed by atoms with Gasteiger partial charge in [0, 0.05) is 37.4 Å². The summed E-state index contributed by atoms with van der Waals surface area (Å²) in [6.45, 7) is 5.13. The maximum absolute atomic E-state index is 5.79. The van der Waals surface area contributed by atoms with E-state index < -0.39 is 0 Å². The molecule has 2 heterocycles. The molecule has 0 amide bonds. The highest BCUT2D eigenvalue weighted by Gasteiger charge is 2.03. The van der Waals surface area contributed by atoms with Crippen LogP contribution in [0.3, 0.4) is 0 Å². The number of hydrogen-bond donors (Lipinski definition) is 2. The number of guanidine groups is 1. The number of furan rings is 1. The van der Waals surface area contributed by atoms with E-state index in [1.165, 1.54) is 0 Å². The number of para-hydroxylation sites is 1. The Morgan fingerprint density at radius 1 is 1.13 bits per heavy atom. The molecule has 3 aromatic rings. The Balaban J connectivity index is 1.59. The second-order valence-corrected chi connectivity index (χ2v) is 5.29. The van der Waals surface area contributed by atoms with Crippen LogP contribution in [0, 0.1) is 0 Å². The molecule has 5 heteroatoms. The maximum atomic E-state index is 5.79. The molecule has 0 radical (unpaired) electrons. The van der Waals surface area contributed by atoms with Gasteiger partial charge in [-0.05, 0) is 31.2 Å². The molecule has 0 bridgehead atoms. The van der Waals surface area contributed by atoms with Gasteiger partial charge in [0.05, 0.1) is 0 Å². The van der Waals surface area contributed by atoms with Crippen molar-refractivity contribution in [3.63, 3.8) is 0 Å². The lowest BCUT2D eigenvalue weighted by Crippen LogP contribution is -2.38. The third kappa shape index (κ3) is 4.16. The van der Waals surface area contributed by atoms with Crippen molar-refractivity contribution in [2.45, 2.75) is 20.0 Å². The molecular weight excluding hydrogens is 288 g/mol. The van der Waals surface area contributed by atoms with Gasteiger partial charge in [0.25, 0.3) is 0 Å². The van der Waals surface area contributed by atoms with Crippen molar-refractivity contribution >= 4 is 16.9 Å². The van der Waals surface area contributed by atoms with Gasteiger partial charge >= 0.3 is 0 Å². The van der Waals surface area contributed by atoms with Crippen molar-refractivity contribution in [1.82, 2.24) is 15.2 Å². The highest BCUT2D eigenvalue weighted by Crippen LogP contribution is 2.19. The monoisotopic (exact) mass is 310 g/mol. The summed E-state index contributed by atoms with van der Waals surface area (Å²) in [5.74, 6) is 1.67. The summed E-state index contributed by atoms with van der Waals surface area (Å²) in [7, 11) is 0. The standard InChI is InChI=1S/C18H22N4O/c1-2-19-18(20-9-12-22-10-5-6-11-22)21-14-16-13-15-7-3-4-8-17(15)23-16/h3-8,10-11,13H,2,9,12,14H2,1H3,(H2,19,20,21). The minimum atomic E-state index is 0.521. The molecule has 0 aliphatic carbocycles. The first-order chi connectivity index (χ1) is 11.3. The molecule has 2 N–H and O–H groups in total. The van der Waals surface area contributed by atoms with Gasteiger partial charge in [-0.2, -0.15) is 0 Å². The molecule has 0 aliphatic rings. The molecule has 5 nitrogen and oxygen atoms in total. The van der Waals surface area contributed by atoms with E-state index in [2.05, 4.69) is 39.5 Å². The normalized spacial score (nSPS) is 11.8. The third-order valence-electron chi connectivity index (χ3n) is 3.54. The van der Waals surface area contributed by atoms with E-state index in [4.69, 9.17) is 4.42 Å². The van der Waals surface area contributed by atoms with E-state index >= 15 is 0 Å². The fourth-order valence-corrected chi connectivity index (χ4v) is 2.44. The lowest BCUT2D eigenvalue weighted by atomic mass is 10.2. The van der Waals surface area contributed by atoms with Crippen molar-refractivity contribution < 1.29 is 4.42 Å². The van der Waals surface area contributed by atoms with Gasteiger partial charge in [0.2, 0.25) is 0 Å². The van der Waals surface area contributed by atoms with E-state index in [0.29, 0.717) is 6.54 Å². The predicted octanol–water partition coefficient (Wildman–Crippen LogP) is 2.99. The van der Waals surface area contributed by atoms with Crippen molar-refractivity contribution in [2.24, 2.45) is 4.99 Å². The zero-order chi connectivity index (χ0) is 15.9. The van der Waals surface area contributed by atoms with E-state index in [-0.39, 0.29) is 0 Å². The second-order valence-electron chi connectivity index (χ2n) is 5.29. The summed E-state index contributed by atoms with van der Waals surface area (Å²) in [4.78, 5) is 4.59. The number of rotatable bonds is 6. The zero-order valence-electron chi connectivity index (χ0n) is 13.3. The average Bonchev–Trinajstić information content (AvgIpc) is 3.21. The molecular formula is C18H22N4O. The first-order valence-corrected chi connectivity index (χ1v) is 7.95. The zero-order valence-corrected chi connectivity index (χ0v) is 13.3. The fourth-order valence-electron chi connectivity index (χ4n) is 2.44. The van der Waals surface area contributed by atoms with E-state index in [1.807, 2.05) is 42.5 Å². The number of hydrogen-bond acceptors (Lipinski definition) is 2. The first kappa shape index (κ1) is 15.2. The summed E-state index contributed by atoms with van der Waals surface area (Å²) < 4.78 is 7.93. The Labute approximate surface area is 136 Å². The molecule has 0 unspecified atom stereocenters. The van der Waals surface area contributed by atoms with Crippen LogP contribution in [0.25, 0.3) is 11.0 Å². The number of nitrogens with zero attached hydrogens (tertiary/aromatic N) is 2. The second kappa shape index (κ2) is 7.54. The third-order valence-corrected chi connectivity index (χ3v) is 3.54. The van der Waals surface area contributed by atoms with Gasteiger partial charge < -0.3 is 19.6 Å². The molecule has 0 spiro atoms. The maximum Gasteiger partial charge on any atom is 0.191 e. The highest BCUT2D eigenvalue weighted by atomic mass is 16.3. The molecule has 23 heavy (non-hydrogen) atoms. The molecule has 3 rings (SSSR count). The Morgan fingerprint density at radius 3 is 2.74 bits per heavy atom. The molecule has 1 aromatic carbocycles. The summed E-state index contributed by atoms with van der Waals surface area (Å²) in [5, 5.41) is 7.71. The number of benzene rings is 1. The Kier molecular flexibility index (Phi) is 4.99. The first-order valence-electron chi connectivity index (χ1n) is 7.95. The average molecular weight is 310 g/mol. The molecule has 0 fully saturated rings. The van der Waals surface area contributed by atoms with E-state index in [0.717, 1.165) is 42.3 Å². The van der Waals surface area contributed by atoms with Crippen LogP contribution in [-0.4, -0.2) is 23.6 Å². The van der Waals surface area contributed by atoms with Crippen LogP contribution >= 0.6 is 0 Å². The van der Waals surface area contributed by atoms with Crippen molar-refractivity contribution in [1.29, 1.82) is 0 Å². The van der Waals surface area contributed by atoms with Gasteiger partial charge in [-0.25, -0.2) is 4.99 Å². The summed E-state index contributed by atoms with van der Waals surface area (Å²) >= 11 is 0. The topological polar surface area (TPSA) is 54.5 Å². The Bertz CT molecular complexity index is 725. The van der Waals surface area contributed by atoms with Crippen LogP contribution in [-0.2, 0) is 13.1 Å². The predicted molar refractivity (Wildman–Crippen MR) is 93.5 cm³/mol. The highest BCUT2D eigenvalue weighted by molar-refractivity contribution is 5.80. The summed E-state index contributed by atoms with van der Waals surface area (Å²) in [6, 6.07) is 14.1. The van der Waals surface area contributed by atoms with E-state index in [1.54, 1.807) is 0 Å². The fraction of sp³-hybridized carbons (Fsp3) is 0.278. The van der Waals surface area contributed by atoms with Gasteiger partial charge in [0.15, 0.2) is 5.96 Å². The van der Waals surface area contributed by atoms with Crippen LogP contribution in [0.5, 0.6) is 0 Å². The van der Waals surface area contributed by atoms with Crippen LogP contribution in [0.4, 0.5) is 0 Å². The molecule has 0 atom stereocenters. The SMILES string of the molecule is CCNC(=NCc1cc2ccccc2o1)NCCn1cccc1. The molecule has 120 valence electrons. The minimum absolute atomic E-state index is 0.521.